The van der Waals surface area contributed by atoms with Crippen molar-refractivity contribution in [1.82, 2.24) is 9.13 Å². The Labute approximate surface area is 444 Å². The minimum Gasteiger partial charge on any atom is -0.456 e. The van der Waals surface area contributed by atoms with Gasteiger partial charge in [0.25, 0.3) is 0 Å². The molecule has 4 nitrogen and oxygen atoms in total. The first-order valence-electron chi connectivity index (χ1n) is 26.4. The summed E-state index contributed by atoms with van der Waals surface area (Å²) in [4.78, 5) is 0. The van der Waals surface area contributed by atoms with Crippen LogP contribution in [0.25, 0.3) is 121 Å². The van der Waals surface area contributed by atoms with E-state index in [9.17, 15) is 0 Å². The second-order valence-corrected chi connectivity index (χ2v) is 24.1. The van der Waals surface area contributed by atoms with Crippen molar-refractivity contribution in [3.05, 3.63) is 279 Å². The molecule has 5 heteroatoms. The molecule has 0 N–H and O–H groups in total. The summed E-state index contributed by atoms with van der Waals surface area (Å²) in [5, 5.41) is 14.5. The molecule has 0 atom stereocenters. The number of benzene rings is 12. The first-order valence-corrected chi connectivity index (χ1v) is 28.4. The lowest BCUT2D eigenvalue weighted by Crippen LogP contribution is -2.74. The molecule has 0 spiro atoms. The van der Waals surface area contributed by atoms with Crippen molar-refractivity contribution in [2.45, 2.75) is 0 Å². The number of nitrogens with zero attached hydrogens (tertiary/aromatic N) is 2. The molecule has 16 rings (SSSR count). The minimum atomic E-state index is -2.94. The van der Waals surface area contributed by atoms with Crippen LogP contribution >= 0.6 is 0 Å². The summed E-state index contributed by atoms with van der Waals surface area (Å²) in [5.41, 5.74) is 14.8. The molecule has 12 aromatic carbocycles. The van der Waals surface area contributed by atoms with Gasteiger partial charge in [0.1, 0.15) is 22.3 Å². The standard InChI is InChI=1S/C72H46N2O2Si/c1-4-18-51(19-5-1)77(52-20-6-2-7-21-52,53-22-8-3-9-23-53)54-36-37-55(47-32-38-69-61(42-47)63-44-49(34-40-71(63)75-69)73-65-28-14-10-24-56(65)57-25-11-15-29-66(57)73)60(46-54)48-33-39-70-62(43-48)64-45-50(35-41-72(64)76-70)74-67-30-16-12-26-58(67)59-27-13-17-31-68(59)74/h1-46H. The number of hydrogen-bond acceptors (Lipinski definition) is 2. The van der Waals surface area contributed by atoms with Crippen molar-refractivity contribution in [2.75, 3.05) is 0 Å². The van der Waals surface area contributed by atoms with E-state index in [1.807, 2.05) is 0 Å². The lowest BCUT2D eigenvalue weighted by molar-refractivity contribution is 0.668. The Balaban J connectivity index is 0.937. The van der Waals surface area contributed by atoms with E-state index in [-0.39, 0.29) is 0 Å². The van der Waals surface area contributed by atoms with E-state index in [4.69, 9.17) is 8.83 Å². The summed E-state index contributed by atoms with van der Waals surface area (Å²) in [6.45, 7) is 0. The zero-order valence-electron chi connectivity index (χ0n) is 41.8. The number of furan rings is 2. The van der Waals surface area contributed by atoms with Gasteiger partial charge in [0.2, 0.25) is 0 Å². The summed E-state index contributed by atoms with van der Waals surface area (Å²) < 4.78 is 18.1. The SMILES string of the molecule is c1ccc([Si](c2ccccc2)(c2ccccc2)c2ccc(-c3ccc4oc5ccc(-n6c7ccccc7c7ccccc76)cc5c4c3)c(-c3ccc4oc5ccc(-n6c7ccccc7c7ccccc76)cc5c4c3)c2)cc1. The quantitative estimate of drug-likeness (QED) is 0.112. The average molecular weight is 999 g/mol. The number of fused-ring (bicyclic) bond motifs is 12. The first-order chi connectivity index (χ1) is 38.2. The van der Waals surface area contributed by atoms with Crippen LogP contribution in [0.5, 0.6) is 0 Å². The third-order valence-electron chi connectivity index (χ3n) is 16.3. The smallest absolute Gasteiger partial charge is 0.179 e. The summed E-state index contributed by atoms with van der Waals surface area (Å²) in [6, 6.07) is 102. The van der Waals surface area contributed by atoms with Gasteiger partial charge >= 0.3 is 0 Å². The van der Waals surface area contributed by atoms with Crippen molar-refractivity contribution < 1.29 is 8.83 Å². The highest BCUT2D eigenvalue weighted by Gasteiger charge is 2.41. The average Bonchev–Trinajstić information content (AvgIpc) is 4.39. The molecule has 360 valence electrons. The largest absolute Gasteiger partial charge is 0.456 e. The van der Waals surface area contributed by atoms with Crippen LogP contribution in [0.1, 0.15) is 0 Å². The van der Waals surface area contributed by atoms with Crippen molar-refractivity contribution >= 4 is 116 Å². The normalized spacial score (nSPS) is 12.2. The molecule has 0 aliphatic heterocycles. The van der Waals surface area contributed by atoms with Gasteiger partial charge in [-0.1, -0.05) is 194 Å². The predicted molar refractivity (Wildman–Crippen MR) is 324 cm³/mol. The zero-order valence-corrected chi connectivity index (χ0v) is 42.8. The topological polar surface area (TPSA) is 36.1 Å². The Bertz CT molecular complexity index is 4780. The fourth-order valence-electron chi connectivity index (χ4n) is 12.9. The molecule has 0 saturated heterocycles. The van der Waals surface area contributed by atoms with E-state index < -0.39 is 8.07 Å². The number of aromatic nitrogens is 2. The maximum atomic E-state index is 6.71. The minimum absolute atomic E-state index is 0.854. The molecule has 0 radical (unpaired) electrons. The second kappa shape index (κ2) is 17.0. The first kappa shape index (κ1) is 43.5. The molecular weight excluding hydrogens is 953 g/mol. The number of rotatable bonds is 8. The molecule has 4 aromatic heterocycles. The number of para-hydroxylation sites is 4. The Morgan fingerprint density at radius 3 is 0.974 bits per heavy atom. The third-order valence-corrected chi connectivity index (χ3v) is 21.1. The van der Waals surface area contributed by atoms with Crippen LogP contribution in [0.4, 0.5) is 0 Å². The van der Waals surface area contributed by atoms with Crippen LogP contribution in [0.2, 0.25) is 0 Å². The van der Waals surface area contributed by atoms with Gasteiger partial charge in [0.05, 0.1) is 22.1 Å². The molecule has 0 aliphatic rings. The van der Waals surface area contributed by atoms with Crippen LogP contribution in [-0.4, -0.2) is 17.2 Å². The predicted octanol–water partition coefficient (Wildman–Crippen LogP) is 16.4. The van der Waals surface area contributed by atoms with E-state index in [2.05, 4.69) is 288 Å². The molecular formula is C72H46N2O2Si. The molecule has 16 aromatic rings. The Kier molecular flexibility index (Phi) is 9.62. The highest BCUT2D eigenvalue weighted by molar-refractivity contribution is 7.20. The van der Waals surface area contributed by atoms with E-state index in [1.165, 1.54) is 64.4 Å². The monoisotopic (exact) mass is 998 g/mol. The Morgan fingerprint density at radius 1 is 0.234 bits per heavy atom. The molecule has 0 bridgehead atoms. The van der Waals surface area contributed by atoms with E-state index in [0.717, 1.165) is 77.5 Å². The maximum Gasteiger partial charge on any atom is 0.179 e. The summed E-state index contributed by atoms with van der Waals surface area (Å²) in [7, 11) is -2.94. The maximum absolute atomic E-state index is 6.71. The van der Waals surface area contributed by atoms with Gasteiger partial charge in [-0.15, -0.1) is 0 Å². The van der Waals surface area contributed by atoms with Crippen molar-refractivity contribution in [1.29, 1.82) is 0 Å². The van der Waals surface area contributed by atoms with Crippen LogP contribution in [0.3, 0.4) is 0 Å². The van der Waals surface area contributed by atoms with E-state index >= 15 is 0 Å². The highest BCUT2D eigenvalue weighted by atomic mass is 28.3. The van der Waals surface area contributed by atoms with Gasteiger partial charge in [-0.3, -0.25) is 0 Å². The zero-order chi connectivity index (χ0) is 50.6. The summed E-state index contributed by atoms with van der Waals surface area (Å²) in [5.74, 6) is 0. The van der Waals surface area contributed by atoms with E-state index in [1.54, 1.807) is 0 Å². The van der Waals surface area contributed by atoms with Gasteiger partial charge in [-0.05, 0) is 128 Å². The van der Waals surface area contributed by atoms with Crippen molar-refractivity contribution in [3.63, 3.8) is 0 Å². The Hall–Kier alpha value is -9.94. The van der Waals surface area contributed by atoms with Crippen molar-refractivity contribution in [2.24, 2.45) is 0 Å². The third kappa shape index (κ3) is 6.57. The van der Waals surface area contributed by atoms with Crippen LogP contribution in [0, 0.1) is 0 Å². The molecule has 0 unspecified atom stereocenters. The summed E-state index contributed by atoms with van der Waals surface area (Å²) >= 11 is 0. The fourth-order valence-corrected chi connectivity index (χ4v) is 17.6. The molecule has 0 aliphatic carbocycles. The summed E-state index contributed by atoms with van der Waals surface area (Å²) in [6.07, 6.45) is 0. The van der Waals surface area contributed by atoms with Gasteiger partial charge in [-0.2, -0.15) is 0 Å². The van der Waals surface area contributed by atoms with Crippen LogP contribution in [0.15, 0.2) is 288 Å². The van der Waals surface area contributed by atoms with Crippen LogP contribution < -0.4 is 20.7 Å². The highest BCUT2D eigenvalue weighted by Crippen LogP contribution is 2.42. The van der Waals surface area contributed by atoms with Gasteiger partial charge < -0.3 is 18.0 Å². The van der Waals surface area contributed by atoms with Crippen molar-refractivity contribution in [3.8, 4) is 33.6 Å². The lowest BCUT2D eigenvalue weighted by atomic mass is 9.93. The Morgan fingerprint density at radius 2 is 0.571 bits per heavy atom. The van der Waals surface area contributed by atoms with Crippen LogP contribution in [-0.2, 0) is 0 Å². The molecule has 77 heavy (non-hydrogen) atoms. The molecule has 0 amide bonds. The molecule has 4 heterocycles. The fraction of sp³-hybridized carbons (Fsp3) is 0. The number of hydrogen-bond donors (Lipinski definition) is 0. The van der Waals surface area contributed by atoms with E-state index in [0.29, 0.717) is 0 Å². The van der Waals surface area contributed by atoms with Gasteiger partial charge in [-0.25, -0.2) is 0 Å². The second-order valence-electron chi connectivity index (χ2n) is 20.3. The van der Waals surface area contributed by atoms with Gasteiger partial charge in [0.15, 0.2) is 8.07 Å². The molecule has 0 fully saturated rings. The lowest BCUT2D eigenvalue weighted by Gasteiger charge is -2.35. The molecule has 0 saturated carbocycles. The van der Waals surface area contributed by atoms with Gasteiger partial charge in [0, 0.05) is 54.5 Å².